The molecule has 2 rings (SSSR count). The van der Waals surface area contributed by atoms with Gasteiger partial charge < -0.3 is 15.4 Å². The summed E-state index contributed by atoms with van der Waals surface area (Å²) in [4.78, 5) is 24.6. The Kier molecular flexibility index (Phi) is 5.67. The highest BCUT2D eigenvalue weighted by Gasteiger charge is 2.56. The van der Waals surface area contributed by atoms with E-state index in [0.717, 1.165) is 0 Å². The summed E-state index contributed by atoms with van der Waals surface area (Å²) in [7, 11) is 1.60. The van der Waals surface area contributed by atoms with Crippen LogP contribution in [0.3, 0.4) is 0 Å². The first-order valence-corrected chi connectivity index (χ1v) is 7.79. The smallest absolute Gasteiger partial charge is 0.240 e. The van der Waals surface area contributed by atoms with Crippen molar-refractivity contribution in [3.63, 3.8) is 0 Å². The number of anilines is 1. The lowest BCUT2D eigenvalue weighted by atomic mass is 10.0. The number of carbonyl (C=O) groups is 2. The van der Waals surface area contributed by atoms with Gasteiger partial charge in [-0.15, -0.1) is 0 Å². The molecule has 0 unspecified atom stereocenters. The van der Waals surface area contributed by atoms with Gasteiger partial charge in [0, 0.05) is 25.3 Å². The minimum absolute atomic E-state index is 0.251. The Morgan fingerprint density at radius 1 is 1.27 bits per heavy atom. The summed E-state index contributed by atoms with van der Waals surface area (Å²) in [5.41, 5.74) is -0.573. The molecule has 5 nitrogen and oxygen atoms in total. The minimum atomic E-state index is -0.987. The molecule has 1 aliphatic rings. The molecule has 120 valence electrons. The Morgan fingerprint density at radius 3 is 2.64 bits per heavy atom. The van der Waals surface area contributed by atoms with E-state index in [0.29, 0.717) is 48.1 Å². The van der Waals surface area contributed by atoms with Gasteiger partial charge in [-0.2, -0.15) is 0 Å². The van der Waals surface area contributed by atoms with Gasteiger partial charge in [0.05, 0.1) is 10.7 Å². The molecule has 1 aromatic carbocycles. The Bertz CT molecular complexity index is 574. The van der Waals surface area contributed by atoms with Crippen molar-refractivity contribution in [1.29, 1.82) is 0 Å². The molecule has 0 aromatic heterocycles. The highest BCUT2D eigenvalue weighted by atomic mass is 35.5. The third-order valence-electron chi connectivity index (χ3n) is 3.61. The summed E-state index contributed by atoms with van der Waals surface area (Å²) in [5.74, 6) is -0.597. The van der Waals surface area contributed by atoms with E-state index in [2.05, 4.69) is 10.6 Å². The zero-order valence-corrected chi connectivity index (χ0v) is 13.8. The van der Waals surface area contributed by atoms with Crippen molar-refractivity contribution in [1.82, 2.24) is 5.32 Å². The van der Waals surface area contributed by atoms with Gasteiger partial charge in [-0.25, -0.2) is 0 Å². The summed E-state index contributed by atoms with van der Waals surface area (Å²) >= 11 is 11.9. The zero-order chi connectivity index (χ0) is 16.2. The number of halogens is 2. The quantitative estimate of drug-likeness (QED) is 0.590. The fraction of sp³-hybridized carbons (Fsp3) is 0.467. The van der Waals surface area contributed by atoms with Crippen LogP contribution in [0, 0.1) is 5.41 Å². The van der Waals surface area contributed by atoms with E-state index < -0.39 is 5.41 Å². The summed E-state index contributed by atoms with van der Waals surface area (Å²) in [6.45, 7) is 1.05. The van der Waals surface area contributed by atoms with E-state index in [-0.39, 0.29) is 11.8 Å². The van der Waals surface area contributed by atoms with Crippen molar-refractivity contribution < 1.29 is 14.3 Å². The van der Waals surface area contributed by atoms with Gasteiger partial charge in [0.1, 0.15) is 5.41 Å². The molecule has 0 radical (unpaired) electrons. The number of ether oxygens (including phenoxy) is 1. The van der Waals surface area contributed by atoms with Gasteiger partial charge >= 0.3 is 0 Å². The maximum absolute atomic E-state index is 12.4. The third-order valence-corrected chi connectivity index (χ3v) is 4.17. The van der Waals surface area contributed by atoms with Crippen LogP contribution in [0.1, 0.15) is 19.3 Å². The van der Waals surface area contributed by atoms with E-state index in [1.807, 2.05) is 0 Å². The molecule has 1 saturated carbocycles. The number of rotatable bonds is 7. The predicted octanol–water partition coefficient (Wildman–Crippen LogP) is 2.86. The van der Waals surface area contributed by atoms with E-state index in [1.54, 1.807) is 25.3 Å². The third kappa shape index (κ3) is 3.91. The molecule has 0 spiro atoms. The van der Waals surface area contributed by atoms with Crippen LogP contribution in [0.15, 0.2) is 18.2 Å². The fourth-order valence-corrected chi connectivity index (χ4v) is 2.44. The van der Waals surface area contributed by atoms with Crippen molar-refractivity contribution in [2.75, 3.05) is 25.6 Å². The molecule has 0 atom stereocenters. The number of nitrogens with one attached hydrogen (secondary N) is 2. The molecule has 0 saturated heterocycles. The van der Waals surface area contributed by atoms with Crippen LogP contribution in [-0.4, -0.2) is 32.1 Å². The summed E-state index contributed by atoms with van der Waals surface area (Å²) in [5, 5.41) is 6.32. The van der Waals surface area contributed by atoms with E-state index in [4.69, 9.17) is 27.9 Å². The number of carbonyl (C=O) groups excluding carboxylic acids is 2. The maximum atomic E-state index is 12.4. The number of hydrogen-bond acceptors (Lipinski definition) is 3. The van der Waals surface area contributed by atoms with Gasteiger partial charge in [0.2, 0.25) is 11.8 Å². The lowest BCUT2D eigenvalue weighted by molar-refractivity contribution is -0.134. The van der Waals surface area contributed by atoms with Crippen LogP contribution < -0.4 is 10.6 Å². The maximum Gasteiger partial charge on any atom is 0.240 e. The Balaban J connectivity index is 1.96. The van der Waals surface area contributed by atoms with E-state index in [1.165, 1.54) is 0 Å². The number of hydrogen-bond donors (Lipinski definition) is 2. The highest BCUT2D eigenvalue weighted by molar-refractivity contribution is 6.36. The summed E-state index contributed by atoms with van der Waals surface area (Å²) in [6, 6.07) is 4.80. The van der Waals surface area contributed by atoms with Gasteiger partial charge in [-0.1, -0.05) is 23.2 Å². The van der Waals surface area contributed by atoms with Crippen molar-refractivity contribution in [2.45, 2.75) is 19.3 Å². The molecule has 7 heteroatoms. The number of methoxy groups -OCH3 is 1. The molecule has 0 aliphatic heterocycles. The predicted molar refractivity (Wildman–Crippen MR) is 86.3 cm³/mol. The molecule has 0 bridgehead atoms. The molecule has 2 amide bonds. The average Bonchev–Trinajstić information content (AvgIpc) is 3.29. The fourth-order valence-electron chi connectivity index (χ4n) is 2.11. The molecule has 22 heavy (non-hydrogen) atoms. The van der Waals surface area contributed by atoms with Crippen LogP contribution in [0.2, 0.25) is 10.0 Å². The monoisotopic (exact) mass is 344 g/mol. The average molecular weight is 345 g/mol. The number of amides is 2. The lowest BCUT2D eigenvalue weighted by Gasteiger charge is -2.16. The first kappa shape index (κ1) is 17.1. The van der Waals surface area contributed by atoms with Crippen LogP contribution in [0.5, 0.6) is 0 Å². The first-order chi connectivity index (χ1) is 10.5. The summed E-state index contributed by atoms with van der Waals surface area (Å²) < 4.78 is 4.92. The van der Waals surface area contributed by atoms with Gasteiger partial charge in [0.15, 0.2) is 0 Å². The Labute approximate surface area is 139 Å². The zero-order valence-electron chi connectivity index (χ0n) is 12.2. The van der Waals surface area contributed by atoms with Gasteiger partial charge in [-0.05, 0) is 37.5 Å². The molecule has 1 fully saturated rings. The first-order valence-electron chi connectivity index (χ1n) is 7.03. The second kappa shape index (κ2) is 7.31. The van der Waals surface area contributed by atoms with Crippen LogP contribution in [0.4, 0.5) is 5.69 Å². The standard InChI is InChI=1S/C15H18Cl2N2O3/c1-22-8-2-7-18-13(20)15(5-6-15)14(21)19-12-9-10(16)3-4-11(12)17/h3-4,9H,2,5-8H2,1H3,(H,18,20)(H,19,21). The second-order valence-corrected chi connectivity index (χ2v) is 6.11. The second-order valence-electron chi connectivity index (χ2n) is 5.26. The van der Waals surface area contributed by atoms with Crippen LogP contribution in [0.25, 0.3) is 0 Å². The lowest BCUT2D eigenvalue weighted by Crippen LogP contribution is -2.40. The summed E-state index contributed by atoms with van der Waals surface area (Å²) in [6.07, 6.45) is 1.78. The normalized spacial score (nSPS) is 15.2. The van der Waals surface area contributed by atoms with Crippen LogP contribution in [-0.2, 0) is 14.3 Å². The van der Waals surface area contributed by atoms with Crippen molar-refractivity contribution >= 4 is 40.7 Å². The minimum Gasteiger partial charge on any atom is -0.385 e. The van der Waals surface area contributed by atoms with Gasteiger partial charge in [0.25, 0.3) is 0 Å². The van der Waals surface area contributed by atoms with Crippen molar-refractivity contribution in [3.8, 4) is 0 Å². The van der Waals surface area contributed by atoms with Crippen molar-refractivity contribution in [2.24, 2.45) is 5.41 Å². The molecule has 1 aromatic rings. The van der Waals surface area contributed by atoms with E-state index >= 15 is 0 Å². The molecular formula is C15H18Cl2N2O3. The Morgan fingerprint density at radius 2 is 2.00 bits per heavy atom. The molecule has 1 aliphatic carbocycles. The van der Waals surface area contributed by atoms with E-state index in [9.17, 15) is 9.59 Å². The van der Waals surface area contributed by atoms with Gasteiger partial charge in [-0.3, -0.25) is 9.59 Å². The topological polar surface area (TPSA) is 67.4 Å². The molecule has 2 N–H and O–H groups in total. The Hall–Kier alpha value is -1.30. The molecule has 0 heterocycles. The van der Waals surface area contributed by atoms with Crippen molar-refractivity contribution in [3.05, 3.63) is 28.2 Å². The highest BCUT2D eigenvalue weighted by Crippen LogP contribution is 2.47. The largest absolute Gasteiger partial charge is 0.385 e. The number of benzene rings is 1. The van der Waals surface area contributed by atoms with Crippen LogP contribution >= 0.6 is 23.2 Å². The molecular weight excluding hydrogens is 327 g/mol. The SMILES string of the molecule is COCCCNC(=O)C1(C(=O)Nc2cc(Cl)ccc2Cl)CC1.